The van der Waals surface area contributed by atoms with E-state index < -0.39 is 0 Å². The molecule has 0 unspecified atom stereocenters. The SMILES string of the molecule is CC(C)CN(CCC(N)=NO)C(=O)c1cccc(I)c1. The average molecular weight is 389 g/mol. The molecular formula is C14H20IN3O2. The molecule has 0 spiro atoms. The van der Waals surface area contributed by atoms with E-state index in [1.54, 1.807) is 11.0 Å². The zero-order chi connectivity index (χ0) is 15.1. The van der Waals surface area contributed by atoms with E-state index in [9.17, 15) is 4.79 Å². The van der Waals surface area contributed by atoms with E-state index in [1.807, 2.05) is 18.2 Å². The number of benzene rings is 1. The number of carbonyl (C=O) groups excluding carboxylic acids is 1. The number of carbonyl (C=O) groups is 1. The predicted molar refractivity (Wildman–Crippen MR) is 87.9 cm³/mol. The average Bonchev–Trinajstić information content (AvgIpc) is 2.41. The maximum Gasteiger partial charge on any atom is 0.253 e. The van der Waals surface area contributed by atoms with Crippen molar-refractivity contribution in [2.24, 2.45) is 16.8 Å². The Labute approximate surface area is 133 Å². The summed E-state index contributed by atoms with van der Waals surface area (Å²) in [4.78, 5) is 14.3. The van der Waals surface area contributed by atoms with Gasteiger partial charge in [0.2, 0.25) is 0 Å². The molecule has 5 nitrogen and oxygen atoms in total. The molecule has 1 amide bonds. The van der Waals surface area contributed by atoms with Gasteiger partial charge in [-0.3, -0.25) is 4.79 Å². The van der Waals surface area contributed by atoms with Crippen molar-refractivity contribution in [3.8, 4) is 0 Å². The largest absolute Gasteiger partial charge is 0.409 e. The lowest BCUT2D eigenvalue weighted by Crippen LogP contribution is -2.36. The Kier molecular flexibility index (Phi) is 6.77. The molecule has 0 saturated heterocycles. The lowest BCUT2D eigenvalue weighted by molar-refractivity contribution is 0.0740. The third-order valence-electron chi connectivity index (χ3n) is 2.71. The third kappa shape index (κ3) is 5.36. The molecule has 0 atom stereocenters. The van der Waals surface area contributed by atoms with Gasteiger partial charge in [0.1, 0.15) is 5.84 Å². The Morgan fingerprint density at radius 2 is 2.20 bits per heavy atom. The Hall–Kier alpha value is -1.31. The molecule has 0 aliphatic rings. The smallest absolute Gasteiger partial charge is 0.253 e. The van der Waals surface area contributed by atoms with Crippen LogP contribution in [0.15, 0.2) is 29.4 Å². The normalized spacial score (nSPS) is 11.7. The first-order chi connectivity index (χ1) is 9.43. The zero-order valence-corrected chi connectivity index (χ0v) is 13.9. The van der Waals surface area contributed by atoms with E-state index in [0.717, 1.165) is 3.57 Å². The highest BCUT2D eigenvalue weighted by Gasteiger charge is 2.17. The molecule has 0 saturated carbocycles. The lowest BCUT2D eigenvalue weighted by atomic mass is 10.1. The highest BCUT2D eigenvalue weighted by Crippen LogP contribution is 2.12. The molecule has 0 bridgehead atoms. The van der Waals surface area contributed by atoms with Crippen LogP contribution < -0.4 is 5.73 Å². The summed E-state index contributed by atoms with van der Waals surface area (Å²) in [5.74, 6) is 0.464. The van der Waals surface area contributed by atoms with Crippen LogP contribution in [0.2, 0.25) is 0 Å². The molecule has 0 aromatic heterocycles. The van der Waals surface area contributed by atoms with Crippen molar-refractivity contribution >= 4 is 34.3 Å². The third-order valence-corrected chi connectivity index (χ3v) is 3.38. The van der Waals surface area contributed by atoms with Crippen molar-refractivity contribution < 1.29 is 10.0 Å². The van der Waals surface area contributed by atoms with Crippen LogP contribution in [0.1, 0.15) is 30.6 Å². The van der Waals surface area contributed by atoms with E-state index in [-0.39, 0.29) is 11.7 Å². The highest BCUT2D eigenvalue weighted by atomic mass is 127. The van der Waals surface area contributed by atoms with Crippen LogP contribution in [0.5, 0.6) is 0 Å². The molecule has 0 heterocycles. The Morgan fingerprint density at radius 3 is 2.75 bits per heavy atom. The number of rotatable bonds is 6. The minimum atomic E-state index is -0.0250. The van der Waals surface area contributed by atoms with Crippen molar-refractivity contribution in [2.45, 2.75) is 20.3 Å². The van der Waals surface area contributed by atoms with Crippen LogP contribution in [-0.2, 0) is 0 Å². The molecular weight excluding hydrogens is 369 g/mol. The predicted octanol–water partition coefficient (Wildman–Crippen LogP) is 2.53. The van der Waals surface area contributed by atoms with Gasteiger partial charge in [-0.1, -0.05) is 25.1 Å². The second kappa shape index (κ2) is 8.08. The quantitative estimate of drug-likeness (QED) is 0.258. The van der Waals surface area contributed by atoms with Crippen molar-refractivity contribution in [3.05, 3.63) is 33.4 Å². The van der Waals surface area contributed by atoms with Crippen LogP contribution in [-0.4, -0.2) is 34.9 Å². The summed E-state index contributed by atoms with van der Waals surface area (Å²) < 4.78 is 1.02. The van der Waals surface area contributed by atoms with Crippen molar-refractivity contribution in [2.75, 3.05) is 13.1 Å². The molecule has 6 heteroatoms. The van der Waals surface area contributed by atoms with Gasteiger partial charge in [0.25, 0.3) is 5.91 Å². The summed E-state index contributed by atoms with van der Waals surface area (Å²) in [7, 11) is 0. The number of nitrogens with two attached hydrogens (primary N) is 1. The second-order valence-electron chi connectivity index (χ2n) is 5.00. The fourth-order valence-electron chi connectivity index (χ4n) is 1.82. The van der Waals surface area contributed by atoms with Crippen LogP contribution in [0.3, 0.4) is 0 Å². The van der Waals surface area contributed by atoms with E-state index >= 15 is 0 Å². The molecule has 20 heavy (non-hydrogen) atoms. The molecule has 0 radical (unpaired) electrons. The Bertz CT molecular complexity index is 489. The maximum absolute atomic E-state index is 12.5. The van der Waals surface area contributed by atoms with Crippen LogP contribution >= 0.6 is 22.6 Å². The standard InChI is InChI=1S/C14H20IN3O2/c1-10(2)9-18(7-6-13(16)17-20)14(19)11-4-3-5-12(15)8-11/h3-5,8,10,20H,6-7,9H2,1-2H3,(H2,16,17). The van der Waals surface area contributed by atoms with Gasteiger partial charge in [-0.05, 0) is 46.7 Å². The molecule has 3 N–H and O–H groups in total. The molecule has 110 valence electrons. The minimum absolute atomic E-state index is 0.0250. The lowest BCUT2D eigenvalue weighted by Gasteiger charge is -2.24. The van der Waals surface area contributed by atoms with Gasteiger partial charge in [-0.15, -0.1) is 0 Å². The molecule has 0 fully saturated rings. The number of halogens is 1. The van der Waals surface area contributed by atoms with Crippen molar-refractivity contribution in [1.29, 1.82) is 0 Å². The van der Waals surface area contributed by atoms with Crippen molar-refractivity contribution in [3.63, 3.8) is 0 Å². The fourth-order valence-corrected chi connectivity index (χ4v) is 2.36. The van der Waals surface area contributed by atoms with Gasteiger partial charge in [-0.25, -0.2) is 0 Å². The molecule has 0 aliphatic heterocycles. The first kappa shape index (κ1) is 16.7. The van der Waals surface area contributed by atoms with Crippen LogP contribution in [0.25, 0.3) is 0 Å². The topological polar surface area (TPSA) is 78.9 Å². The summed E-state index contributed by atoms with van der Waals surface area (Å²) in [6.45, 7) is 5.19. The van der Waals surface area contributed by atoms with Crippen molar-refractivity contribution in [1.82, 2.24) is 4.90 Å². The molecule has 1 rings (SSSR count). The first-order valence-electron chi connectivity index (χ1n) is 6.45. The van der Waals surface area contributed by atoms with Gasteiger partial charge in [0.05, 0.1) is 0 Å². The second-order valence-corrected chi connectivity index (χ2v) is 6.24. The molecule has 0 aliphatic carbocycles. The number of amides is 1. The van der Waals surface area contributed by atoms with E-state index in [4.69, 9.17) is 10.9 Å². The molecule has 1 aromatic rings. The summed E-state index contributed by atoms with van der Waals surface area (Å²) in [5, 5.41) is 11.5. The first-order valence-corrected chi connectivity index (χ1v) is 7.53. The number of oxime groups is 1. The summed E-state index contributed by atoms with van der Waals surface area (Å²) >= 11 is 2.18. The van der Waals surface area contributed by atoms with Crippen LogP contribution in [0, 0.1) is 9.49 Å². The zero-order valence-electron chi connectivity index (χ0n) is 11.7. The number of hydrogen-bond donors (Lipinski definition) is 2. The maximum atomic E-state index is 12.5. The number of nitrogens with zero attached hydrogens (tertiary/aromatic N) is 2. The highest BCUT2D eigenvalue weighted by molar-refractivity contribution is 14.1. The van der Waals surface area contributed by atoms with Crippen LogP contribution in [0.4, 0.5) is 0 Å². The van der Waals surface area contributed by atoms with Gasteiger partial charge < -0.3 is 15.8 Å². The van der Waals surface area contributed by atoms with E-state index in [2.05, 4.69) is 41.6 Å². The molecule has 1 aromatic carbocycles. The fraction of sp³-hybridized carbons (Fsp3) is 0.429. The Morgan fingerprint density at radius 1 is 1.50 bits per heavy atom. The number of amidine groups is 1. The summed E-state index contributed by atoms with van der Waals surface area (Å²) in [6, 6.07) is 7.48. The number of hydrogen-bond acceptors (Lipinski definition) is 3. The summed E-state index contributed by atoms with van der Waals surface area (Å²) in [5.41, 5.74) is 6.14. The monoisotopic (exact) mass is 389 g/mol. The van der Waals surface area contributed by atoms with Gasteiger partial charge in [-0.2, -0.15) is 0 Å². The van der Waals surface area contributed by atoms with Gasteiger partial charge >= 0.3 is 0 Å². The minimum Gasteiger partial charge on any atom is -0.409 e. The van der Waals surface area contributed by atoms with Gasteiger partial charge in [0, 0.05) is 28.6 Å². The van der Waals surface area contributed by atoms with E-state index in [1.165, 1.54) is 0 Å². The van der Waals surface area contributed by atoms with Gasteiger partial charge in [0.15, 0.2) is 0 Å². The van der Waals surface area contributed by atoms with E-state index in [0.29, 0.717) is 31.0 Å². The Balaban J connectivity index is 2.84. The summed E-state index contributed by atoms with van der Waals surface area (Å²) in [6.07, 6.45) is 0.360.